The Kier molecular flexibility index (Phi) is 4.99. The molecule has 7 heteroatoms. The summed E-state index contributed by atoms with van der Waals surface area (Å²) in [4.78, 5) is 29.4. The molecule has 1 aromatic carbocycles. The lowest BCUT2D eigenvalue weighted by molar-refractivity contribution is 0.0702. The predicted molar refractivity (Wildman–Crippen MR) is 95.2 cm³/mol. The van der Waals surface area contributed by atoms with Crippen molar-refractivity contribution in [3.05, 3.63) is 52.3 Å². The molecular weight excluding hydrogens is 342 g/mol. The summed E-state index contributed by atoms with van der Waals surface area (Å²) in [6, 6.07) is 6.68. The molecular formula is C18H20ClN3O3. The van der Waals surface area contributed by atoms with Gasteiger partial charge in [0.25, 0.3) is 11.8 Å². The molecule has 1 atom stereocenters. The number of benzene rings is 1. The summed E-state index contributed by atoms with van der Waals surface area (Å²) in [6.45, 7) is 1.16. The molecule has 3 rings (SSSR count). The smallest absolute Gasteiger partial charge is 0.257 e. The van der Waals surface area contributed by atoms with E-state index in [-0.39, 0.29) is 11.8 Å². The van der Waals surface area contributed by atoms with Crippen LogP contribution >= 0.6 is 11.6 Å². The van der Waals surface area contributed by atoms with Gasteiger partial charge in [0.2, 0.25) is 0 Å². The fraction of sp³-hybridized carbons (Fsp3) is 0.333. The number of rotatable bonds is 4. The molecule has 132 valence electrons. The van der Waals surface area contributed by atoms with E-state index in [0.717, 1.165) is 18.5 Å². The zero-order valence-electron chi connectivity index (χ0n) is 13.9. The molecule has 0 spiro atoms. The number of nitrogens with two attached hydrogens (primary N) is 1. The Balaban J connectivity index is 1.84. The number of methoxy groups -OCH3 is 1. The highest BCUT2D eigenvalue weighted by atomic mass is 35.5. The van der Waals surface area contributed by atoms with Gasteiger partial charge >= 0.3 is 0 Å². The largest absolute Gasteiger partial charge is 0.496 e. The van der Waals surface area contributed by atoms with Gasteiger partial charge in [0.15, 0.2) is 0 Å². The number of ether oxygens (including phenoxy) is 1. The molecule has 0 radical (unpaired) electrons. The molecule has 1 aliphatic heterocycles. The van der Waals surface area contributed by atoms with Crippen molar-refractivity contribution in [2.75, 3.05) is 20.2 Å². The first-order valence-electron chi connectivity index (χ1n) is 8.11. The van der Waals surface area contributed by atoms with Crippen LogP contribution in [0.5, 0.6) is 5.75 Å². The highest BCUT2D eigenvalue weighted by Crippen LogP contribution is 2.31. The van der Waals surface area contributed by atoms with Crippen LogP contribution in [0.4, 0.5) is 0 Å². The number of aromatic nitrogens is 1. The summed E-state index contributed by atoms with van der Waals surface area (Å²) >= 11 is 6.04. The second-order valence-corrected chi connectivity index (χ2v) is 6.54. The minimum atomic E-state index is -0.462. The van der Waals surface area contributed by atoms with Crippen LogP contribution in [-0.4, -0.2) is 41.9 Å². The van der Waals surface area contributed by atoms with Crippen molar-refractivity contribution >= 4 is 23.4 Å². The molecule has 1 aliphatic rings. The van der Waals surface area contributed by atoms with Crippen LogP contribution in [0.15, 0.2) is 30.5 Å². The van der Waals surface area contributed by atoms with E-state index in [0.29, 0.717) is 35.0 Å². The third-order valence-corrected chi connectivity index (χ3v) is 4.79. The number of amides is 2. The summed E-state index contributed by atoms with van der Waals surface area (Å²) in [6.07, 6.45) is 3.43. The van der Waals surface area contributed by atoms with E-state index < -0.39 is 5.91 Å². The highest BCUT2D eigenvalue weighted by Gasteiger charge is 2.29. The van der Waals surface area contributed by atoms with Gasteiger partial charge in [-0.05, 0) is 37.1 Å². The summed E-state index contributed by atoms with van der Waals surface area (Å²) in [5.74, 6) is -0.0537. The number of aromatic amines is 1. The van der Waals surface area contributed by atoms with Gasteiger partial charge in [-0.25, -0.2) is 0 Å². The number of nitrogens with one attached hydrogen (secondary N) is 1. The SMILES string of the molecule is COc1ccc(Cl)cc1C(=O)N1CCCC(c2[nH]ccc2C(N)=O)C1. The molecule has 2 heterocycles. The van der Waals surface area contributed by atoms with E-state index in [9.17, 15) is 9.59 Å². The second-order valence-electron chi connectivity index (χ2n) is 6.10. The molecule has 1 saturated heterocycles. The molecule has 1 aromatic heterocycles. The monoisotopic (exact) mass is 361 g/mol. The lowest BCUT2D eigenvalue weighted by atomic mass is 9.92. The Labute approximate surface area is 150 Å². The topological polar surface area (TPSA) is 88.4 Å². The number of carbonyl (C=O) groups excluding carboxylic acids is 2. The minimum absolute atomic E-state index is 0.0420. The molecule has 0 saturated carbocycles. The summed E-state index contributed by atoms with van der Waals surface area (Å²) in [5, 5.41) is 0.484. The van der Waals surface area contributed by atoms with Gasteiger partial charge in [0.1, 0.15) is 5.75 Å². The third-order valence-electron chi connectivity index (χ3n) is 4.55. The summed E-state index contributed by atoms with van der Waals surface area (Å²) in [5.41, 5.74) is 7.16. The molecule has 1 fully saturated rings. The van der Waals surface area contributed by atoms with Gasteiger partial charge in [-0.15, -0.1) is 0 Å². The Morgan fingerprint density at radius 3 is 2.84 bits per heavy atom. The maximum absolute atomic E-state index is 13.0. The van der Waals surface area contributed by atoms with Gasteiger partial charge < -0.3 is 20.4 Å². The van der Waals surface area contributed by atoms with Crippen LogP contribution in [0.3, 0.4) is 0 Å². The standard InChI is InChI=1S/C18H20ClN3O3/c1-25-15-5-4-12(19)9-14(15)18(24)22-8-2-3-11(10-22)16-13(17(20)23)6-7-21-16/h4-7,9,11,21H,2-3,8,10H2,1H3,(H2,20,23). The zero-order chi connectivity index (χ0) is 18.0. The van der Waals surface area contributed by atoms with Crippen molar-refractivity contribution in [1.82, 2.24) is 9.88 Å². The molecule has 25 heavy (non-hydrogen) atoms. The van der Waals surface area contributed by atoms with Gasteiger partial charge in [-0.2, -0.15) is 0 Å². The number of likely N-dealkylation sites (tertiary alicyclic amines) is 1. The number of carbonyl (C=O) groups is 2. The number of nitrogens with zero attached hydrogens (tertiary/aromatic N) is 1. The second kappa shape index (κ2) is 7.19. The van der Waals surface area contributed by atoms with E-state index in [2.05, 4.69) is 4.98 Å². The number of primary amides is 1. The first kappa shape index (κ1) is 17.4. The summed E-state index contributed by atoms with van der Waals surface area (Å²) in [7, 11) is 1.52. The van der Waals surface area contributed by atoms with Crippen molar-refractivity contribution in [2.24, 2.45) is 5.73 Å². The normalized spacial score (nSPS) is 17.4. The predicted octanol–water partition coefficient (Wildman–Crippen LogP) is 2.80. The molecule has 6 nitrogen and oxygen atoms in total. The molecule has 2 aromatic rings. The number of hydrogen-bond acceptors (Lipinski definition) is 3. The van der Waals surface area contributed by atoms with Crippen LogP contribution < -0.4 is 10.5 Å². The third kappa shape index (κ3) is 3.49. The number of piperidine rings is 1. The quantitative estimate of drug-likeness (QED) is 0.877. The number of halogens is 1. The summed E-state index contributed by atoms with van der Waals surface area (Å²) < 4.78 is 5.29. The molecule has 0 aliphatic carbocycles. The maximum atomic E-state index is 13.0. The van der Waals surface area contributed by atoms with Gasteiger partial charge in [0.05, 0.1) is 18.2 Å². The van der Waals surface area contributed by atoms with Crippen LogP contribution in [0.25, 0.3) is 0 Å². The first-order chi connectivity index (χ1) is 12.0. The molecule has 3 N–H and O–H groups in total. The van der Waals surface area contributed by atoms with Crippen LogP contribution in [0.2, 0.25) is 5.02 Å². The van der Waals surface area contributed by atoms with Crippen molar-refractivity contribution in [3.63, 3.8) is 0 Å². The van der Waals surface area contributed by atoms with Gasteiger partial charge in [0, 0.05) is 35.9 Å². The molecule has 2 amide bonds. The fourth-order valence-electron chi connectivity index (χ4n) is 3.35. The lowest BCUT2D eigenvalue weighted by Gasteiger charge is -2.33. The van der Waals surface area contributed by atoms with Crippen molar-refractivity contribution in [3.8, 4) is 5.75 Å². The van der Waals surface area contributed by atoms with Crippen molar-refractivity contribution in [2.45, 2.75) is 18.8 Å². The minimum Gasteiger partial charge on any atom is -0.496 e. The van der Waals surface area contributed by atoms with Gasteiger partial charge in [-0.1, -0.05) is 11.6 Å². The van der Waals surface area contributed by atoms with E-state index in [1.807, 2.05) is 0 Å². The molecule has 1 unspecified atom stereocenters. The average Bonchev–Trinajstić information content (AvgIpc) is 3.11. The Morgan fingerprint density at radius 1 is 1.32 bits per heavy atom. The van der Waals surface area contributed by atoms with Crippen molar-refractivity contribution in [1.29, 1.82) is 0 Å². The number of hydrogen-bond donors (Lipinski definition) is 2. The highest BCUT2D eigenvalue weighted by molar-refractivity contribution is 6.31. The van der Waals surface area contributed by atoms with Crippen LogP contribution in [0, 0.1) is 0 Å². The van der Waals surface area contributed by atoms with Gasteiger partial charge in [-0.3, -0.25) is 9.59 Å². The van der Waals surface area contributed by atoms with E-state index >= 15 is 0 Å². The molecule has 0 bridgehead atoms. The fourth-order valence-corrected chi connectivity index (χ4v) is 3.52. The van der Waals surface area contributed by atoms with Crippen LogP contribution in [-0.2, 0) is 0 Å². The van der Waals surface area contributed by atoms with Crippen molar-refractivity contribution < 1.29 is 14.3 Å². The Hall–Kier alpha value is -2.47. The average molecular weight is 362 g/mol. The first-order valence-corrected chi connectivity index (χ1v) is 8.49. The van der Waals surface area contributed by atoms with E-state index in [1.165, 1.54) is 7.11 Å². The zero-order valence-corrected chi connectivity index (χ0v) is 14.7. The Morgan fingerprint density at radius 2 is 2.12 bits per heavy atom. The van der Waals surface area contributed by atoms with E-state index in [4.69, 9.17) is 22.1 Å². The maximum Gasteiger partial charge on any atom is 0.257 e. The Bertz CT molecular complexity index is 803. The van der Waals surface area contributed by atoms with E-state index in [1.54, 1.807) is 35.4 Å². The van der Waals surface area contributed by atoms with Crippen LogP contribution in [0.1, 0.15) is 45.2 Å². The lowest BCUT2D eigenvalue weighted by Crippen LogP contribution is -2.39. The number of H-pyrrole nitrogens is 1.